The molecule has 0 saturated heterocycles. The summed E-state index contributed by atoms with van der Waals surface area (Å²) in [7, 11) is 1.65. The van der Waals surface area contributed by atoms with Gasteiger partial charge in [-0.15, -0.1) is 0 Å². The molecule has 5 rings (SSSR count). The molecule has 142 valence electrons. The van der Waals surface area contributed by atoms with Crippen molar-refractivity contribution in [3.8, 4) is 5.75 Å². The first-order chi connectivity index (χ1) is 12.2. The van der Waals surface area contributed by atoms with E-state index in [1.807, 2.05) is 32.9 Å². The minimum absolute atomic E-state index is 0.0375. The lowest BCUT2D eigenvalue weighted by molar-refractivity contribution is -0.134. The fourth-order valence-electron chi connectivity index (χ4n) is 5.85. The predicted octanol–water partition coefficient (Wildman–Crippen LogP) is 4.31. The summed E-state index contributed by atoms with van der Waals surface area (Å²) in [5.41, 5.74) is 0.422. The van der Waals surface area contributed by atoms with E-state index in [9.17, 15) is 9.18 Å². The van der Waals surface area contributed by atoms with Crippen LogP contribution in [0.1, 0.15) is 57.1 Å². The number of carbonyl (C=O) groups is 1. The van der Waals surface area contributed by atoms with Crippen molar-refractivity contribution in [2.75, 3.05) is 7.11 Å². The van der Waals surface area contributed by atoms with Crippen molar-refractivity contribution in [1.29, 1.82) is 0 Å². The maximum absolute atomic E-state index is 14.9. The Hall–Kier alpha value is -1.58. The van der Waals surface area contributed by atoms with E-state index in [0.717, 1.165) is 36.1 Å². The second-order valence-corrected chi connectivity index (χ2v) is 9.48. The number of amides is 1. The molecule has 0 radical (unpaired) electrons. The molecule has 5 atom stereocenters. The number of nitrogens with one attached hydrogen (secondary N) is 1. The first-order valence-electron chi connectivity index (χ1n) is 9.86. The summed E-state index contributed by atoms with van der Waals surface area (Å²) in [6.07, 6.45) is 4.15. The van der Waals surface area contributed by atoms with Gasteiger partial charge < -0.3 is 10.1 Å². The molecule has 1 N–H and O–H groups in total. The Morgan fingerprint density at radius 1 is 1.19 bits per heavy atom. The lowest BCUT2D eigenvalue weighted by Crippen LogP contribution is -2.61. The highest BCUT2D eigenvalue weighted by atomic mass is 19.1. The van der Waals surface area contributed by atoms with Gasteiger partial charge in [-0.1, -0.05) is 6.07 Å². The van der Waals surface area contributed by atoms with Crippen LogP contribution in [0.25, 0.3) is 0 Å². The largest absolute Gasteiger partial charge is 0.497 e. The van der Waals surface area contributed by atoms with E-state index in [2.05, 4.69) is 11.4 Å². The second kappa shape index (κ2) is 5.97. The van der Waals surface area contributed by atoms with Gasteiger partial charge in [-0.05, 0) is 93.9 Å². The standard InChI is InChI=1S/C22H30FNO2/c1-13-5-17(9-18(6-13)26-4)21(2,3)20(25)24-19-15-7-14-8-16(19)12-22(23,10-14)11-15/h5-6,9,14-16,19H,7-8,10-12H2,1-4H3,(H,24,25)/t14?,15-,16+,19?,22?. The molecule has 0 aromatic heterocycles. The lowest BCUT2D eigenvalue weighted by atomic mass is 9.53. The van der Waals surface area contributed by atoms with Gasteiger partial charge in [-0.2, -0.15) is 0 Å². The third kappa shape index (κ3) is 2.91. The van der Waals surface area contributed by atoms with Crippen LogP contribution in [0.4, 0.5) is 4.39 Å². The Balaban J connectivity index is 1.54. The number of alkyl halides is 1. The molecule has 4 heteroatoms. The summed E-state index contributed by atoms with van der Waals surface area (Å²) in [6.45, 7) is 5.94. The summed E-state index contributed by atoms with van der Waals surface area (Å²) in [5.74, 6) is 1.95. The summed E-state index contributed by atoms with van der Waals surface area (Å²) in [5, 5.41) is 3.33. The smallest absolute Gasteiger partial charge is 0.230 e. The summed E-state index contributed by atoms with van der Waals surface area (Å²) in [4.78, 5) is 13.2. The van der Waals surface area contributed by atoms with Crippen molar-refractivity contribution in [2.24, 2.45) is 17.8 Å². The maximum Gasteiger partial charge on any atom is 0.230 e. The molecule has 0 heterocycles. The van der Waals surface area contributed by atoms with Crippen molar-refractivity contribution < 1.29 is 13.9 Å². The molecular formula is C22H30FNO2. The molecule has 4 bridgehead atoms. The van der Waals surface area contributed by atoms with Crippen molar-refractivity contribution in [1.82, 2.24) is 5.32 Å². The van der Waals surface area contributed by atoms with Crippen LogP contribution in [0.15, 0.2) is 18.2 Å². The SMILES string of the molecule is COc1cc(C)cc(C(C)(C)C(=O)NC2[C@@H]3CC4C[C@H]2CC(F)(C4)C3)c1. The van der Waals surface area contributed by atoms with Gasteiger partial charge >= 0.3 is 0 Å². The highest BCUT2D eigenvalue weighted by Crippen LogP contribution is 2.57. The Morgan fingerprint density at radius 2 is 1.85 bits per heavy atom. The van der Waals surface area contributed by atoms with Crippen LogP contribution in [0.3, 0.4) is 0 Å². The Kier molecular flexibility index (Phi) is 4.09. The number of carbonyl (C=O) groups excluding carboxylic acids is 1. The van der Waals surface area contributed by atoms with E-state index in [0.29, 0.717) is 30.6 Å². The van der Waals surface area contributed by atoms with Crippen LogP contribution in [0.2, 0.25) is 0 Å². The molecule has 4 aliphatic carbocycles. The fourth-order valence-corrected chi connectivity index (χ4v) is 5.85. The molecule has 4 aliphatic rings. The minimum Gasteiger partial charge on any atom is -0.497 e. The molecule has 0 spiro atoms. The summed E-state index contributed by atoms with van der Waals surface area (Å²) < 4.78 is 20.3. The van der Waals surface area contributed by atoms with Crippen LogP contribution >= 0.6 is 0 Å². The molecular weight excluding hydrogens is 329 g/mol. The number of benzene rings is 1. The summed E-state index contributed by atoms with van der Waals surface area (Å²) >= 11 is 0. The third-order valence-electron chi connectivity index (χ3n) is 7.07. The number of ether oxygens (including phenoxy) is 1. The molecule has 1 amide bonds. The topological polar surface area (TPSA) is 38.3 Å². The Bertz CT molecular complexity index is 713. The normalized spacial score (nSPS) is 35.4. The molecule has 3 nitrogen and oxygen atoms in total. The van der Waals surface area contributed by atoms with Gasteiger partial charge in [0.05, 0.1) is 12.5 Å². The van der Waals surface area contributed by atoms with E-state index in [1.165, 1.54) is 0 Å². The number of aryl methyl sites for hydroxylation is 1. The molecule has 4 fully saturated rings. The number of methoxy groups -OCH3 is 1. The first-order valence-corrected chi connectivity index (χ1v) is 9.86. The van der Waals surface area contributed by atoms with Crippen LogP contribution in [0.5, 0.6) is 5.75 Å². The summed E-state index contributed by atoms with van der Waals surface area (Å²) in [6, 6.07) is 6.10. The zero-order valence-corrected chi connectivity index (χ0v) is 16.3. The molecule has 0 aliphatic heterocycles. The molecule has 4 saturated carbocycles. The zero-order chi connectivity index (χ0) is 18.7. The quantitative estimate of drug-likeness (QED) is 0.870. The molecule has 3 unspecified atom stereocenters. The van der Waals surface area contributed by atoms with E-state index < -0.39 is 11.1 Å². The Labute approximate surface area is 155 Å². The van der Waals surface area contributed by atoms with Crippen LogP contribution in [-0.4, -0.2) is 24.7 Å². The number of hydrogen-bond donors (Lipinski definition) is 1. The zero-order valence-electron chi connectivity index (χ0n) is 16.3. The number of rotatable bonds is 4. The van der Waals surface area contributed by atoms with Gasteiger partial charge in [0.2, 0.25) is 5.91 Å². The molecule has 26 heavy (non-hydrogen) atoms. The third-order valence-corrected chi connectivity index (χ3v) is 7.07. The van der Waals surface area contributed by atoms with Crippen LogP contribution < -0.4 is 10.1 Å². The van der Waals surface area contributed by atoms with Gasteiger partial charge in [0.15, 0.2) is 0 Å². The molecule has 1 aromatic rings. The van der Waals surface area contributed by atoms with E-state index in [4.69, 9.17) is 4.74 Å². The number of halogens is 1. The van der Waals surface area contributed by atoms with E-state index in [-0.39, 0.29) is 11.9 Å². The van der Waals surface area contributed by atoms with Gasteiger partial charge in [-0.25, -0.2) is 4.39 Å². The average Bonchev–Trinajstić information content (AvgIpc) is 2.55. The fraction of sp³-hybridized carbons (Fsp3) is 0.682. The van der Waals surface area contributed by atoms with Gasteiger partial charge in [0.1, 0.15) is 11.4 Å². The minimum atomic E-state index is -0.961. The van der Waals surface area contributed by atoms with Crippen molar-refractivity contribution in [3.05, 3.63) is 29.3 Å². The number of hydrogen-bond acceptors (Lipinski definition) is 2. The lowest BCUT2D eigenvalue weighted by Gasteiger charge is -2.57. The van der Waals surface area contributed by atoms with Crippen molar-refractivity contribution in [2.45, 2.75) is 70.0 Å². The highest BCUT2D eigenvalue weighted by molar-refractivity contribution is 5.87. The average molecular weight is 359 g/mol. The van der Waals surface area contributed by atoms with Crippen LogP contribution in [-0.2, 0) is 10.2 Å². The Morgan fingerprint density at radius 3 is 2.42 bits per heavy atom. The van der Waals surface area contributed by atoms with Gasteiger partial charge in [-0.3, -0.25) is 4.79 Å². The van der Waals surface area contributed by atoms with Crippen molar-refractivity contribution >= 4 is 5.91 Å². The van der Waals surface area contributed by atoms with E-state index in [1.54, 1.807) is 7.11 Å². The maximum atomic E-state index is 14.9. The highest BCUT2D eigenvalue weighted by Gasteiger charge is 2.56. The molecule has 1 aromatic carbocycles. The van der Waals surface area contributed by atoms with Crippen molar-refractivity contribution in [3.63, 3.8) is 0 Å². The first kappa shape index (κ1) is 17.8. The second-order valence-electron chi connectivity index (χ2n) is 9.48. The van der Waals surface area contributed by atoms with Crippen LogP contribution in [0, 0.1) is 24.7 Å². The van der Waals surface area contributed by atoms with Gasteiger partial charge in [0.25, 0.3) is 0 Å². The van der Waals surface area contributed by atoms with E-state index >= 15 is 0 Å². The predicted molar refractivity (Wildman–Crippen MR) is 100 cm³/mol. The van der Waals surface area contributed by atoms with Gasteiger partial charge in [0, 0.05) is 6.04 Å². The monoisotopic (exact) mass is 359 g/mol.